The smallest absolute Gasteiger partial charge is 0.231 e. The van der Waals surface area contributed by atoms with E-state index in [4.69, 9.17) is 9.47 Å². The molecule has 1 N–H and O–H groups in total. The molecule has 3 unspecified atom stereocenters. The summed E-state index contributed by atoms with van der Waals surface area (Å²) >= 11 is 0. The van der Waals surface area contributed by atoms with Gasteiger partial charge in [0.1, 0.15) is 0 Å². The van der Waals surface area contributed by atoms with Crippen molar-refractivity contribution in [3.63, 3.8) is 0 Å². The molecule has 3 aliphatic heterocycles. The number of hydrogen-bond donors (Lipinski definition) is 1. The van der Waals surface area contributed by atoms with Crippen molar-refractivity contribution in [1.82, 2.24) is 4.90 Å². The lowest BCUT2D eigenvalue weighted by molar-refractivity contribution is -0.170. The standard InChI is InChI=1S/C18H31NO4/c1-14-5-8-19(12-15(14)13-20)17(21)18(6-10-22-11-7-18)16-4-2-3-9-23-16/h14-16,20H,2-13H2,1H3. The number of piperidine rings is 1. The summed E-state index contributed by atoms with van der Waals surface area (Å²) in [5, 5.41) is 9.60. The van der Waals surface area contributed by atoms with E-state index >= 15 is 0 Å². The Bertz CT molecular complexity index is 402. The van der Waals surface area contributed by atoms with Crippen molar-refractivity contribution in [3.8, 4) is 0 Å². The van der Waals surface area contributed by atoms with Gasteiger partial charge in [-0.15, -0.1) is 0 Å². The van der Waals surface area contributed by atoms with Crippen molar-refractivity contribution in [3.05, 3.63) is 0 Å². The summed E-state index contributed by atoms with van der Waals surface area (Å²) in [5.74, 6) is 0.940. The van der Waals surface area contributed by atoms with E-state index in [2.05, 4.69) is 6.92 Å². The Hall–Kier alpha value is -0.650. The third kappa shape index (κ3) is 3.42. The van der Waals surface area contributed by atoms with Gasteiger partial charge in [0, 0.05) is 45.4 Å². The highest BCUT2D eigenvalue weighted by atomic mass is 16.5. The van der Waals surface area contributed by atoms with Gasteiger partial charge in [-0.25, -0.2) is 0 Å². The summed E-state index contributed by atoms with van der Waals surface area (Å²) in [6, 6.07) is 0. The van der Waals surface area contributed by atoms with E-state index < -0.39 is 5.41 Å². The van der Waals surface area contributed by atoms with Crippen LogP contribution in [-0.4, -0.2) is 61.5 Å². The van der Waals surface area contributed by atoms with Gasteiger partial charge in [-0.05, 0) is 44.4 Å². The molecule has 3 atom stereocenters. The molecule has 0 radical (unpaired) electrons. The van der Waals surface area contributed by atoms with Crippen LogP contribution < -0.4 is 0 Å². The van der Waals surface area contributed by atoms with Crippen LogP contribution in [0.15, 0.2) is 0 Å². The van der Waals surface area contributed by atoms with Gasteiger partial charge in [0.15, 0.2) is 0 Å². The zero-order valence-electron chi connectivity index (χ0n) is 14.3. The van der Waals surface area contributed by atoms with Gasteiger partial charge in [-0.1, -0.05) is 6.92 Å². The number of carbonyl (C=O) groups excluding carboxylic acids is 1. The molecule has 5 nitrogen and oxygen atoms in total. The zero-order valence-corrected chi connectivity index (χ0v) is 14.3. The van der Waals surface area contributed by atoms with Crippen LogP contribution in [0.1, 0.15) is 45.4 Å². The van der Waals surface area contributed by atoms with E-state index in [1.165, 1.54) is 0 Å². The minimum Gasteiger partial charge on any atom is -0.396 e. The summed E-state index contributed by atoms with van der Waals surface area (Å²) in [4.78, 5) is 15.5. The first-order valence-corrected chi connectivity index (χ1v) is 9.27. The molecule has 0 spiro atoms. The highest BCUT2D eigenvalue weighted by Gasteiger charge is 2.50. The Morgan fingerprint density at radius 1 is 1.22 bits per heavy atom. The lowest BCUT2D eigenvalue weighted by Crippen LogP contribution is -2.57. The van der Waals surface area contributed by atoms with Crippen molar-refractivity contribution in [2.75, 3.05) is 39.5 Å². The maximum atomic E-state index is 13.5. The Kier molecular flexibility index (Phi) is 5.60. The van der Waals surface area contributed by atoms with Gasteiger partial charge >= 0.3 is 0 Å². The molecule has 0 bridgehead atoms. The summed E-state index contributed by atoms with van der Waals surface area (Å²) in [7, 11) is 0. The van der Waals surface area contributed by atoms with Crippen molar-refractivity contribution in [2.24, 2.45) is 17.3 Å². The summed E-state index contributed by atoms with van der Waals surface area (Å²) < 4.78 is 11.6. The van der Waals surface area contributed by atoms with Crippen molar-refractivity contribution in [1.29, 1.82) is 0 Å². The van der Waals surface area contributed by atoms with Gasteiger partial charge < -0.3 is 19.5 Å². The van der Waals surface area contributed by atoms with Crippen LogP contribution in [0.4, 0.5) is 0 Å². The van der Waals surface area contributed by atoms with E-state index in [0.29, 0.717) is 25.7 Å². The van der Waals surface area contributed by atoms with Gasteiger partial charge in [0.05, 0.1) is 11.5 Å². The molecule has 0 aromatic rings. The predicted octanol–water partition coefficient (Wildman–Crippen LogP) is 1.83. The van der Waals surface area contributed by atoms with Gasteiger partial charge in [0.25, 0.3) is 0 Å². The normalized spacial score (nSPS) is 35.0. The molecule has 3 rings (SSSR count). The molecule has 3 heterocycles. The van der Waals surface area contributed by atoms with Crippen molar-refractivity contribution in [2.45, 2.75) is 51.6 Å². The van der Waals surface area contributed by atoms with Gasteiger partial charge in [-0.2, -0.15) is 0 Å². The average molecular weight is 325 g/mol. The first-order valence-electron chi connectivity index (χ1n) is 9.27. The van der Waals surface area contributed by atoms with E-state index in [-0.39, 0.29) is 24.5 Å². The highest BCUT2D eigenvalue weighted by Crippen LogP contribution is 2.42. The number of aliphatic hydroxyl groups is 1. The summed E-state index contributed by atoms with van der Waals surface area (Å²) in [5.41, 5.74) is -0.404. The number of aliphatic hydroxyl groups excluding tert-OH is 1. The molecule has 132 valence electrons. The van der Waals surface area contributed by atoms with E-state index in [1.807, 2.05) is 4.90 Å². The molecule has 3 fully saturated rings. The molecule has 0 aromatic heterocycles. The van der Waals surface area contributed by atoms with E-state index in [0.717, 1.165) is 51.7 Å². The number of nitrogens with zero attached hydrogens (tertiary/aromatic N) is 1. The number of carbonyl (C=O) groups is 1. The Balaban J connectivity index is 1.77. The van der Waals surface area contributed by atoms with Crippen LogP contribution in [-0.2, 0) is 14.3 Å². The second kappa shape index (κ2) is 7.49. The molecule has 0 saturated carbocycles. The van der Waals surface area contributed by atoms with Crippen molar-refractivity contribution >= 4 is 5.91 Å². The fourth-order valence-corrected chi connectivity index (χ4v) is 4.47. The first kappa shape index (κ1) is 17.2. The molecule has 5 heteroatoms. The lowest BCUT2D eigenvalue weighted by Gasteiger charge is -2.47. The maximum Gasteiger partial charge on any atom is 0.231 e. The zero-order chi connectivity index (χ0) is 16.3. The molecule has 23 heavy (non-hydrogen) atoms. The van der Waals surface area contributed by atoms with Crippen LogP contribution in [0, 0.1) is 17.3 Å². The number of ether oxygens (including phenoxy) is 2. The number of hydrogen-bond acceptors (Lipinski definition) is 4. The third-order valence-corrected chi connectivity index (χ3v) is 6.24. The Morgan fingerprint density at radius 3 is 2.65 bits per heavy atom. The minimum atomic E-state index is -0.404. The summed E-state index contributed by atoms with van der Waals surface area (Å²) in [6.07, 6.45) is 5.80. The van der Waals surface area contributed by atoms with E-state index in [1.54, 1.807) is 0 Å². The predicted molar refractivity (Wildman–Crippen MR) is 87.0 cm³/mol. The SMILES string of the molecule is CC1CCN(C(=O)C2(C3CCCCO3)CCOCC2)CC1CO. The molecule has 1 amide bonds. The van der Waals surface area contributed by atoms with Crippen LogP contribution in [0.5, 0.6) is 0 Å². The number of likely N-dealkylation sites (tertiary alicyclic amines) is 1. The molecule has 0 aliphatic carbocycles. The van der Waals surface area contributed by atoms with Gasteiger partial charge in [-0.3, -0.25) is 4.79 Å². The van der Waals surface area contributed by atoms with Crippen LogP contribution in [0.3, 0.4) is 0 Å². The maximum absolute atomic E-state index is 13.5. The molecule has 0 aromatic carbocycles. The fraction of sp³-hybridized carbons (Fsp3) is 0.944. The third-order valence-electron chi connectivity index (χ3n) is 6.24. The monoisotopic (exact) mass is 325 g/mol. The lowest BCUT2D eigenvalue weighted by atomic mass is 9.71. The average Bonchev–Trinajstić information content (AvgIpc) is 2.63. The quantitative estimate of drug-likeness (QED) is 0.860. The first-order chi connectivity index (χ1) is 11.2. The highest BCUT2D eigenvalue weighted by molar-refractivity contribution is 5.83. The molecular formula is C18H31NO4. The molecule has 3 saturated heterocycles. The molecular weight excluding hydrogens is 294 g/mol. The van der Waals surface area contributed by atoms with Crippen LogP contribution >= 0.6 is 0 Å². The number of rotatable bonds is 3. The largest absolute Gasteiger partial charge is 0.396 e. The second-order valence-electron chi connectivity index (χ2n) is 7.58. The second-order valence-corrected chi connectivity index (χ2v) is 7.58. The Morgan fingerprint density at radius 2 is 2.00 bits per heavy atom. The topological polar surface area (TPSA) is 59.0 Å². The molecule has 3 aliphatic rings. The van der Waals surface area contributed by atoms with Crippen LogP contribution in [0.25, 0.3) is 0 Å². The number of amides is 1. The summed E-state index contributed by atoms with van der Waals surface area (Å²) in [6.45, 7) is 5.92. The van der Waals surface area contributed by atoms with E-state index in [9.17, 15) is 9.90 Å². The minimum absolute atomic E-state index is 0.0413. The Labute approximate surface area is 139 Å². The van der Waals surface area contributed by atoms with Crippen molar-refractivity contribution < 1.29 is 19.4 Å². The van der Waals surface area contributed by atoms with Crippen LogP contribution in [0.2, 0.25) is 0 Å². The fourth-order valence-electron chi connectivity index (χ4n) is 4.47. The van der Waals surface area contributed by atoms with Gasteiger partial charge in [0.2, 0.25) is 5.91 Å².